The largest absolute Gasteiger partial charge is 0.198 e. The normalized spacial score (nSPS) is 14.2. The van der Waals surface area contributed by atoms with E-state index in [1.807, 2.05) is 79.7 Å². The minimum atomic E-state index is -0.393. The Morgan fingerprint density at radius 1 is 0.833 bits per heavy atom. The van der Waals surface area contributed by atoms with Crippen molar-refractivity contribution in [1.82, 2.24) is 0 Å². The van der Waals surface area contributed by atoms with Gasteiger partial charge in [0, 0.05) is 16.0 Å². The van der Waals surface area contributed by atoms with Crippen molar-refractivity contribution in [2.45, 2.75) is 18.8 Å². The van der Waals surface area contributed by atoms with E-state index in [1.165, 1.54) is 0 Å². The molecule has 0 aliphatic heterocycles. The molecule has 148 valence electrons. The lowest BCUT2D eigenvalue weighted by Gasteiger charge is -2.27. The van der Waals surface area contributed by atoms with Gasteiger partial charge in [-0.2, -0.15) is 10.5 Å². The highest BCUT2D eigenvalue weighted by atomic mass is 35.5. The van der Waals surface area contributed by atoms with Gasteiger partial charge >= 0.3 is 0 Å². The molecule has 3 atom stereocenters. The molecule has 0 spiro atoms. The van der Waals surface area contributed by atoms with Crippen LogP contribution >= 0.6 is 23.2 Å². The first-order valence-electron chi connectivity index (χ1n) is 9.61. The number of rotatable bonds is 6. The second kappa shape index (κ2) is 10.1. The number of nitriles is 2. The SMILES string of the molecule is CC(C=C(C#N)c1cccc(Cl)c1)C(c1cccc(Cl)c1)C(C#N)c1ccccc1. The van der Waals surface area contributed by atoms with Crippen LogP contribution in [0.2, 0.25) is 10.0 Å². The highest BCUT2D eigenvalue weighted by molar-refractivity contribution is 6.31. The highest BCUT2D eigenvalue weighted by Gasteiger charge is 2.29. The van der Waals surface area contributed by atoms with Gasteiger partial charge in [-0.1, -0.05) is 90.8 Å². The molecule has 0 amide bonds. The van der Waals surface area contributed by atoms with Gasteiger partial charge in [-0.3, -0.25) is 0 Å². The fourth-order valence-electron chi connectivity index (χ4n) is 3.76. The summed E-state index contributed by atoms with van der Waals surface area (Å²) in [6.07, 6.45) is 1.92. The van der Waals surface area contributed by atoms with Crippen molar-refractivity contribution in [2.24, 2.45) is 5.92 Å². The van der Waals surface area contributed by atoms with Crippen molar-refractivity contribution in [3.8, 4) is 12.1 Å². The number of nitrogens with zero attached hydrogens (tertiary/aromatic N) is 2. The minimum Gasteiger partial charge on any atom is -0.198 e. The molecular weight excluding hydrogens is 411 g/mol. The van der Waals surface area contributed by atoms with Gasteiger partial charge in [-0.25, -0.2) is 0 Å². The zero-order chi connectivity index (χ0) is 21.5. The molecule has 0 radical (unpaired) electrons. The van der Waals surface area contributed by atoms with Crippen LogP contribution in [0.5, 0.6) is 0 Å². The average Bonchev–Trinajstić information content (AvgIpc) is 2.76. The molecular formula is C26H20Cl2N2. The summed E-state index contributed by atoms with van der Waals surface area (Å²) in [5, 5.41) is 21.1. The summed E-state index contributed by atoms with van der Waals surface area (Å²) >= 11 is 12.4. The fourth-order valence-corrected chi connectivity index (χ4v) is 4.15. The summed E-state index contributed by atoms with van der Waals surface area (Å²) in [7, 11) is 0. The number of benzene rings is 3. The molecule has 0 fully saturated rings. The van der Waals surface area contributed by atoms with Gasteiger partial charge in [0.1, 0.15) is 0 Å². The van der Waals surface area contributed by atoms with E-state index in [4.69, 9.17) is 23.2 Å². The first-order valence-corrected chi connectivity index (χ1v) is 10.4. The first kappa shape index (κ1) is 21.7. The van der Waals surface area contributed by atoms with Crippen molar-refractivity contribution in [3.05, 3.63) is 112 Å². The van der Waals surface area contributed by atoms with Crippen LogP contribution in [0.4, 0.5) is 0 Å². The van der Waals surface area contributed by atoms with Crippen molar-refractivity contribution in [1.29, 1.82) is 10.5 Å². The molecule has 0 aromatic heterocycles. The van der Waals surface area contributed by atoms with Crippen LogP contribution in [0.25, 0.3) is 5.57 Å². The summed E-state index contributed by atoms with van der Waals surface area (Å²) in [4.78, 5) is 0. The monoisotopic (exact) mass is 430 g/mol. The van der Waals surface area contributed by atoms with Crippen molar-refractivity contribution >= 4 is 28.8 Å². The minimum absolute atomic E-state index is 0.109. The van der Waals surface area contributed by atoms with Gasteiger partial charge in [0.15, 0.2) is 0 Å². The molecule has 3 unspecified atom stereocenters. The van der Waals surface area contributed by atoms with Crippen LogP contribution in [0, 0.1) is 28.6 Å². The molecule has 3 aromatic rings. The van der Waals surface area contributed by atoms with Crippen molar-refractivity contribution < 1.29 is 0 Å². The Kier molecular flexibility index (Phi) is 7.31. The Morgan fingerprint density at radius 3 is 2.07 bits per heavy atom. The maximum atomic E-state index is 10.1. The Balaban J connectivity index is 2.09. The van der Waals surface area contributed by atoms with E-state index in [1.54, 1.807) is 12.1 Å². The second-order valence-corrected chi connectivity index (χ2v) is 8.03. The predicted molar refractivity (Wildman–Crippen MR) is 123 cm³/mol. The van der Waals surface area contributed by atoms with E-state index in [9.17, 15) is 10.5 Å². The number of allylic oxidation sites excluding steroid dienone is 2. The first-order chi connectivity index (χ1) is 14.5. The van der Waals surface area contributed by atoms with Gasteiger partial charge in [0.05, 0.1) is 23.6 Å². The Labute approximate surface area is 187 Å². The average molecular weight is 431 g/mol. The molecule has 0 aliphatic rings. The summed E-state index contributed by atoms with van der Waals surface area (Å²) in [5.41, 5.74) is 3.19. The Hall–Kier alpha value is -3.04. The third-order valence-electron chi connectivity index (χ3n) is 5.14. The van der Waals surface area contributed by atoms with Gasteiger partial charge in [-0.15, -0.1) is 0 Å². The molecule has 3 aromatic carbocycles. The maximum Gasteiger partial charge on any atom is 0.0994 e. The van der Waals surface area contributed by atoms with E-state index in [2.05, 4.69) is 12.1 Å². The topological polar surface area (TPSA) is 47.6 Å². The summed E-state index contributed by atoms with van der Waals surface area (Å²) in [5.74, 6) is -0.684. The fraction of sp³-hybridized carbons (Fsp3) is 0.154. The van der Waals surface area contributed by atoms with E-state index in [0.29, 0.717) is 15.6 Å². The van der Waals surface area contributed by atoms with E-state index in [-0.39, 0.29) is 11.8 Å². The highest BCUT2D eigenvalue weighted by Crippen LogP contribution is 2.40. The third kappa shape index (κ3) is 5.11. The van der Waals surface area contributed by atoms with Crippen LogP contribution in [0.1, 0.15) is 35.4 Å². The van der Waals surface area contributed by atoms with Gasteiger partial charge in [-0.05, 0) is 46.9 Å². The van der Waals surface area contributed by atoms with Gasteiger partial charge in [0.25, 0.3) is 0 Å². The van der Waals surface area contributed by atoms with Crippen LogP contribution in [0.3, 0.4) is 0 Å². The maximum absolute atomic E-state index is 10.1. The number of hydrogen-bond donors (Lipinski definition) is 0. The molecule has 2 nitrogen and oxygen atoms in total. The molecule has 30 heavy (non-hydrogen) atoms. The molecule has 0 saturated heterocycles. The molecule has 3 rings (SSSR count). The third-order valence-corrected chi connectivity index (χ3v) is 5.61. The van der Waals surface area contributed by atoms with Crippen LogP contribution in [-0.4, -0.2) is 0 Å². The van der Waals surface area contributed by atoms with Crippen LogP contribution < -0.4 is 0 Å². The van der Waals surface area contributed by atoms with E-state index in [0.717, 1.165) is 16.7 Å². The molecule has 0 aliphatic carbocycles. The molecule has 0 N–H and O–H groups in total. The Morgan fingerprint density at radius 2 is 1.47 bits per heavy atom. The van der Waals surface area contributed by atoms with Gasteiger partial charge in [0.2, 0.25) is 0 Å². The summed E-state index contributed by atoms with van der Waals surface area (Å²) in [6, 6.07) is 29.3. The zero-order valence-corrected chi connectivity index (χ0v) is 18.0. The lowest BCUT2D eigenvalue weighted by molar-refractivity contribution is 0.508. The predicted octanol–water partition coefficient (Wildman–Crippen LogP) is 7.63. The number of hydrogen-bond acceptors (Lipinski definition) is 2. The number of halogens is 2. The molecule has 0 saturated carbocycles. The standard InChI is InChI=1S/C26H20Cl2N2/c1-18(13-22(16-29)20-9-5-11-23(27)14-20)26(21-10-6-12-24(28)15-21)25(17-30)19-7-3-2-4-8-19/h2-15,18,25-26H,1H3. The van der Waals surface area contributed by atoms with Crippen LogP contribution in [0.15, 0.2) is 84.9 Å². The second-order valence-electron chi connectivity index (χ2n) is 7.16. The smallest absolute Gasteiger partial charge is 0.0994 e. The zero-order valence-electron chi connectivity index (χ0n) is 16.5. The molecule has 4 heteroatoms. The summed E-state index contributed by atoms with van der Waals surface area (Å²) < 4.78 is 0. The quantitative estimate of drug-likeness (QED) is 0.377. The summed E-state index contributed by atoms with van der Waals surface area (Å²) in [6.45, 7) is 2.03. The Bertz CT molecular complexity index is 1120. The molecule has 0 heterocycles. The van der Waals surface area contributed by atoms with Crippen molar-refractivity contribution in [2.75, 3.05) is 0 Å². The van der Waals surface area contributed by atoms with Crippen molar-refractivity contribution in [3.63, 3.8) is 0 Å². The van der Waals surface area contributed by atoms with E-state index < -0.39 is 5.92 Å². The lowest BCUT2D eigenvalue weighted by Crippen LogP contribution is -2.17. The van der Waals surface area contributed by atoms with Crippen LogP contribution in [-0.2, 0) is 0 Å². The lowest BCUT2D eigenvalue weighted by atomic mass is 9.74. The molecule has 0 bridgehead atoms. The van der Waals surface area contributed by atoms with E-state index >= 15 is 0 Å². The van der Waals surface area contributed by atoms with Gasteiger partial charge < -0.3 is 0 Å².